The highest BCUT2D eigenvalue weighted by molar-refractivity contribution is 6.84. The largest absolute Gasteiger partial charge is 0.506 e. The van der Waals surface area contributed by atoms with Gasteiger partial charge in [0, 0.05) is 74.9 Å². The first kappa shape index (κ1) is 103. The van der Waals surface area contributed by atoms with E-state index in [1.807, 2.05) is 39.3 Å². The zero-order valence-electron chi connectivity index (χ0n) is 75.2. The third-order valence-corrected chi connectivity index (χ3v) is 37.6. The van der Waals surface area contributed by atoms with Gasteiger partial charge in [-0.15, -0.1) is 0 Å². The van der Waals surface area contributed by atoms with Crippen molar-refractivity contribution in [3.8, 4) is 23.0 Å². The molecule has 8 aromatic rings. The van der Waals surface area contributed by atoms with Gasteiger partial charge in [-0.25, -0.2) is 19.6 Å². The van der Waals surface area contributed by atoms with Gasteiger partial charge in [-0.05, 0) is 260 Å². The molecule has 0 saturated carbocycles. The van der Waals surface area contributed by atoms with E-state index in [2.05, 4.69) is 21.3 Å². The first-order valence-corrected chi connectivity index (χ1v) is 54.5. The van der Waals surface area contributed by atoms with Gasteiger partial charge in [-0.1, -0.05) is 24.3 Å². The minimum Gasteiger partial charge on any atom is -0.506 e. The van der Waals surface area contributed by atoms with E-state index in [1.54, 1.807) is 27.7 Å². The number of fused-ring (bicyclic) bond motifs is 4. The lowest BCUT2D eigenvalue weighted by Gasteiger charge is -2.39. The van der Waals surface area contributed by atoms with Crippen LogP contribution in [0.3, 0.4) is 0 Å². The summed E-state index contributed by atoms with van der Waals surface area (Å²) >= 11 is 0. The average molecular weight is 1990 g/mol. The standard InChI is InChI=1S/C92H94F12N8O21Si4/c1-11-129-136(9,130-12-2)41-17-37-107-77(119)53-21-29-61-65(45-53)85(127)111(81(61)123)69-49-57(25-33-73(69)115)87(89(93,94)95,90(96,97)98)55-23-31-71(113)67(47-55)109-79(121)59-27-19-51(43-63(59)83(109)125)75(117)105-35-15-39-134(5,6)133-135(7,8)40-16-36-106-76(118)52-20-28-60-64(44-52)84(126)110(80(60)122)68-48-56(24-32-72(68)114)88(91(99,100)101,92(102,103)104)58-26-34-74(116)70(50-58)112-82(124)62-30-22-54(46-66(62)86(112)128)78(120)108-38-18-42-137(10,131-13-3)132-14-4/h19-34,43-50,113-116H,11-18,35-42H2,1-10H3,(H,105,117)(H,106,118)(H,107,119)(H,108,120). The van der Waals surface area contributed by atoms with Crippen molar-refractivity contribution in [1.82, 2.24) is 21.3 Å². The molecule has 0 saturated heterocycles. The highest BCUT2D eigenvalue weighted by Crippen LogP contribution is 2.61. The monoisotopic (exact) mass is 1990 g/mol. The maximum Gasteiger partial charge on any atom is 0.411 e. The van der Waals surface area contributed by atoms with Crippen molar-refractivity contribution in [2.24, 2.45) is 0 Å². The Morgan fingerprint density at radius 3 is 0.686 bits per heavy atom. The molecule has 4 heterocycles. The quantitative estimate of drug-likeness (QED) is 0.00771. The summed E-state index contributed by atoms with van der Waals surface area (Å²) in [5.41, 5.74) is -26.8. The van der Waals surface area contributed by atoms with Crippen LogP contribution in [-0.2, 0) is 32.6 Å². The van der Waals surface area contributed by atoms with Crippen LogP contribution < -0.4 is 40.9 Å². The number of carbonyl (C=O) groups excluding carboxylic acids is 12. The lowest BCUT2D eigenvalue weighted by atomic mass is 9.72. The molecular weight excluding hydrogens is 1890 g/mol. The molecule has 8 aromatic carbocycles. The fraction of sp³-hybridized carbons (Fsp3) is 0.348. The molecule has 0 radical (unpaired) electrons. The molecule has 12 rings (SSSR count). The Morgan fingerprint density at radius 2 is 0.489 bits per heavy atom. The summed E-state index contributed by atoms with van der Waals surface area (Å²) < 4.78 is 222. The highest BCUT2D eigenvalue weighted by atomic mass is 28.4. The molecule has 137 heavy (non-hydrogen) atoms. The molecule has 0 unspecified atom stereocenters. The molecule has 728 valence electrons. The molecule has 45 heteroatoms. The van der Waals surface area contributed by atoms with Crippen LogP contribution in [0.25, 0.3) is 0 Å². The third-order valence-electron chi connectivity index (χ3n) is 23.9. The first-order valence-electron chi connectivity index (χ1n) is 43.2. The van der Waals surface area contributed by atoms with Crippen molar-refractivity contribution in [1.29, 1.82) is 0 Å². The maximum atomic E-state index is 16.0. The zero-order valence-corrected chi connectivity index (χ0v) is 79.2. The smallest absolute Gasteiger partial charge is 0.411 e. The molecule has 0 aromatic heterocycles. The summed E-state index contributed by atoms with van der Waals surface area (Å²) in [6.45, 7) is 20.4. The number of phenolic OH excluding ortho intramolecular Hbond substituents is 4. The number of nitrogens with one attached hydrogen (secondary N) is 4. The number of hydrogen-bond acceptors (Lipinski definition) is 21. The van der Waals surface area contributed by atoms with Crippen LogP contribution >= 0.6 is 0 Å². The van der Waals surface area contributed by atoms with Crippen molar-refractivity contribution in [2.45, 2.75) is 152 Å². The number of anilines is 4. The van der Waals surface area contributed by atoms with E-state index >= 15 is 52.7 Å². The van der Waals surface area contributed by atoms with Crippen LogP contribution in [0, 0.1) is 0 Å². The molecule has 8 N–H and O–H groups in total. The number of hydrogen-bond donors (Lipinski definition) is 8. The summed E-state index contributed by atoms with van der Waals surface area (Å²) in [6, 6.07) is 17.1. The first-order chi connectivity index (χ1) is 64.1. The van der Waals surface area contributed by atoms with E-state index in [1.165, 1.54) is 0 Å². The van der Waals surface area contributed by atoms with Gasteiger partial charge >= 0.3 is 41.8 Å². The molecule has 0 spiro atoms. The van der Waals surface area contributed by atoms with Crippen LogP contribution in [-0.4, -0.2) is 202 Å². The van der Waals surface area contributed by atoms with E-state index in [0.717, 1.165) is 72.8 Å². The van der Waals surface area contributed by atoms with Gasteiger partial charge in [0.15, 0.2) is 16.6 Å². The van der Waals surface area contributed by atoms with Crippen LogP contribution in [0.1, 0.15) is 200 Å². The number of aromatic hydroxyl groups is 4. The Balaban J connectivity index is 0.653. The van der Waals surface area contributed by atoms with Gasteiger partial charge < -0.3 is 63.5 Å². The van der Waals surface area contributed by atoms with E-state index in [0.29, 0.717) is 101 Å². The van der Waals surface area contributed by atoms with Gasteiger partial charge in [0.1, 0.15) is 23.0 Å². The second kappa shape index (κ2) is 39.4. The topological polar surface area (TPSA) is 393 Å². The van der Waals surface area contributed by atoms with Crippen LogP contribution in [0.5, 0.6) is 23.0 Å². The van der Waals surface area contributed by atoms with Crippen molar-refractivity contribution in [3.05, 3.63) is 235 Å². The number of benzene rings is 8. The van der Waals surface area contributed by atoms with Crippen LogP contribution in [0.15, 0.2) is 146 Å². The fourth-order valence-corrected chi connectivity index (χ4v) is 31.3. The van der Waals surface area contributed by atoms with Gasteiger partial charge in [-0.2, -0.15) is 52.7 Å². The zero-order chi connectivity index (χ0) is 101. The summed E-state index contributed by atoms with van der Waals surface area (Å²) in [4.78, 5) is 167. The number of halogens is 12. The second-order valence-electron chi connectivity index (χ2n) is 34.2. The number of carbonyl (C=O) groups is 12. The molecule has 4 aliphatic heterocycles. The van der Waals surface area contributed by atoms with Gasteiger partial charge in [0.25, 0.3) is 70.9 Å². The fourth-order valence-electron chi connectivity index (χ4n) is 17.6. The highest BCUT2D eigenvalue weighted by Gasteiger charge is 2.74. The van der Waals surface area contributed by atoms with E-state index in [-0.39, 0.29) is 117 Å². The number of amides is 12. The average Bonchev–Trinajstić information content (AvgIpc) is 1.51. The Morgan fingerprint density at radius 1 is 0.292 bits per heavy atom. The van der Waals surface area contributed by atoms with Gasteiger partial charge in [-0.3, -0.25) is 57.5 Å². The Labute approximate surface area is 779 Å². The third kappa shape index (κ3) is 20.0. The Bertz CT molecular complexity index is 5810. The van der Waals surface area contributed by atoms with Crippen LogP contribution in [0.2, 0.25) is 63.5 Å². The number of alkyl halides is 12. The molecule has 0 aliphatic carbocycles. The predicted molar refractivity (Wildman–Crippen MR) is 481 cm³/mol. The molecular formula is C92H94F12N8O21Si4. The molecule has 4 aliphatic rings. The number of nitrogens with zero attached hydrogens (tertiary/aromatic N) is 4. The van der Waals surface area contributed by atoms with Crippen molar-refractivity contribution < 1.29 is 152 Å². The molecule has 0 atom stereocenters. The lowest BCUT2D eigenvalue weighted by molar-refractivity contribution is -0.290. The maximum absolute atomic E-state index is 16.0. The van der Waals surface area contributed by atoms with Crippen LogP contribution in [0.4, 0.5) is 75.4 Å². The van der Waals surface area contributed by atoms with Gasteiger partial charge in [0.05, 0.1) is 67.3 Å². The van der Waals surface area contributed by atoms with Gasteiger partial charge in [0.2, 0.25) is 10.8 Å². The van der Waals surface area contributed by atoms with E-state index < -0.39 is 253 Å². The van der Waals surface area contributed by atoms with Crippen molar-refractivity contribution in [3.63, 3.8) is 0 Å². The Hall–Kier alpha value is -12.8. The number of imide groups is 4. The van der Waals surface area contributed by atoms with E-state index in [9.17, 15) is 78.0 Å². The molecule has 29 nitrogen and oxygen atoms in total. The SMILES string of the molecule is CCO[Si](C)(CCCNC(=O)c1ccc2c(c1)C(=O)N(c1cc(C(c3ccc(O)c(N4C(=O)c5ccc(C(=O)NCCC[Si](C)(C)O[Si](C)(C)CCCNC(=O)c6ccc7c(c6)C(=O)N(c6cc(C(c8ccc(O)c(N9C(=O)c%10ccc(C(=O)NCCC[Si](C)(OCC)OCC)cc%10C9=O)c8)(C(F)(F)F)C(F)(F)F)ccc6O)C7=O)cc5C4=O)c3)(C(F)(F)F)C(F)(F)F)ccc1O)C2=O)OCC. The molecule has 0 bridgehead atoms. The second-order valence-corrected chi connectivity index (χ2v) is 49.7. The molecule has 0 fully saturated rings. The minimum atomic E-state index is -6.44. The minimum absolute atomic E-state index is 0.00128. The number of phenols is 4. The summed E-state index contributed by atoms with van der Waals surface area (Å²) in [6.07, 6.45) is -24.3. The van der Waals surface area contributed by atoms with E-state index in [4.69, 9.17) is 21.8 Å². The Kier molecular flexibility index (Phi) is 29.6. The summed E-state index contributed by atoms with van der Waals surface area (Å²) in [5, 5.41) is 55.2. The van der Waals surface area contributed by atoms with Crippen molar-refractivity contribution in [2.75, 3.05) is 72.2 Å². The van der Waals surface area contributed by atoms with Crippen molar-refractivity contribution >= 4 is 127 Å². The lowest BCUT2D eigenvalue weighted by Crippen LogP contribution is -2.55. The molecule has 12 amide bonds. The number of rotatable bonds is 38. The normalized spacial score (nSPS) is 14.5. The summed E-state index contributed by atoms with van der Waals surface area (Å²) in [7, 11) is -10.4. The summed E-state index contributed by atoms with van der Waals surface area (Å²) in [5.74, 6) is -18.4. The predicted octanol–water partition coefficient (Wildman–Crippen LogP) is 16.4.